The van der Waals surface area contributed by atoms with Gasteiger partial charge in [-0.1, -0.05) is 11.6 Å². The van der Waals surface area contributed by atoms with Gasteiger partial charge in [0.1, 0.15) is 5.75 Å². The average molecular weight is 316 g/mol. The molecule has 9 heteroatoms. The quantitative estimate of drug-likeness (QED) is 0.780. The van der Waals surface area contributed by atoms with Crippen molar-refractivity contribution in [1.82, 2.24) is 4.72 Å². The number of hydrogen-bond acceptors (Lipinski definition) is 4. The minimum atomic E-state index is -3.76. The van der Waals surface area contributed by atoms with Gasteiger partial charge >= 0.3 is 6.61 Å². The van der Waals surface area contributed by atoms with Crippen LogP contribution in [-0.2, 0) is 14.8 Å². The number of hydrogen-bond donors (Lipinski definition) is 1. The Bertz CT molecular complexity index is 524. The lowest BCUT2D eigenvalue weighted by molar-refractivity contribution is -0.0498. The molecule has 0 spiro atoms. The zero-order valence-electron chi connectivity index (χ0n) is 9.90. The Balaban J connectivity index is 2.87. The first-order valence-electron chi connectivity index (χ1n) is 5.10. The normalized spacial score (nSPS) is 11.8. The molecule has 0 saturated heterocycles. The van der Waals surface area contributed by atoms with Crippen molar-refractivity contribution in [3.8, 4) is 5.75 Å². The Kier molecular flexibility index (Phi) is 5.92. The van der Waals surface area contributed by atoms with E-state index in [4.69, 9.17) is 16.3 Å². The van der Waals surface area contributed by atoms with E-state index < -0.39 is 16.6 Å². The van der Waals surface area contributed by atoms with E-state index in [1.807, 2.05) is 0 Å². The highest BCUT2D eigenvalue weighted by atomic mass is 35.5. The molecule has 0 unspecified atom stereocenters. The average Bonchev–Trinajstić information content (AvgIpc) is 2.31. The number of halogens is 3. The maximum atomic E-state index is 12.0. The van der Waals surface area contributed by atoms with Gasteiger partial charge in [-0.05, 0) is 18.2 Å². The molecule has 1 rings (SSSR count). The summed E-state index contributed by atoms with van der Waals surface area (Å²) in [5.74, 6) is -0.285. The fraction of sp³-hybridized carbons (Fsp3) is 0.400. The predicted octanol–water partition coefficient (Wildman–Crippen LogP) is 1.87. The smallest absolute Gasteiger partial charge is 0.387 e. The molecule has 1 aromatic carbocycles. The summed E-state index contributed by atoms with van der Waals surface area (Å²) in [5, 5.41) is -0.213. The number of methoxy groups -OCH3 is 1. The zero-order valence-corrected chi connectivity index (χ0v) is 11.5. The fourth-order valence-electron chi connectivity index (χ4n) is 1.20. The van der Waals surface area contributed by atoms with E-state index in [0.717, 1.165) is 18.2 Å². The molecule has 1 N–H and O–H groups in total. The molecule has 0 amide bonds. The van der Waals surface area contributed by atoms with Crippen LogP contribution in [-0.4, -0.2) is 35.3 Å². The summed E-state index contributed by atoms with van der Waals surface area (Å²) < 4.78 is 58.7. The summed E-state index contributed by atoms with van der Waals surface area (Å²) in [6, 6.07) is 3.23. The second-order valence-electron chi connectivity index (χ2n) is 3.36. The molecule has 0 aliphatic heterocycles. The molecule has 108 valence electrons. The Morgan fingerprint density at radius 2 is 2.11 bits per heavy atom. The van der Waals surface area contributed by atoms with Gasteiger partial charge in [0.2, 0.25) is 10.0 Å². The SMILES string of the molecule is COCCNS(=O)(=O)c1ccc(OC(F)F)c(Cl)c1. The number of alkyl halides is 2. The third kappa shape index (κ3) is 4.90. The third-order valence-electron chi connectivity index (χ3n) is 2.03. The first kappa shape index (κ1) is 16.1. The lowest BCUT2D eigenvalue weighted by Gasteiger charge is -2.09. The van der Waals surface area contributed by atoms with Crippen molar-refractivity contribution in [3.63, 3.8) is 0 Å². The van der Waals surface area contributed by atoms with Gasteiger partial charge in [0, 0.05) is 13.7 Å². The zero-order chi connectivity index (χ0) is 14.5. The first-order valence-corrected chi connectivity index (χ1v) is 6.96. The van der Waals surface area contributed by atoms with Crippen LogP contribution in [0.25, 0.3) is 0 Å². The molecular weight excluding hydrogens is 304 g/mol. The van der Waals surface area contributed by atoms with E-state index in [9.17, 15) is 17.2 Å². The van der Waals surface area contributed by atoms with Gasteiger partial charge in [0.25, 0.3) is 0 Å². The number of sulfonamides is 1. The summed E-state index contributed by atoms with van der Waals surface area (Å²) in [5.41, 5.74) is 0. The van der Waals surface area contributed by atoms with Crippen LogP contribution in [0, 0.1) is 0 Å². The number of benzene rings is 1. The van der Waals surface area contributed by atoms with E-state index in [0.29, 0.717) is 0 Å². The maximum absolute atomic E-state index is 12.0. The van der Waals surface area contributed by atoms with Crippen molar-refractivity contribution in [1.29, 1.82) is 0 Å². The van der Waals surface area contributed by atoms with Crippen molar-refractivity contribution >= 4 is 21.6 Å². The van der Waals surface area contributed by atoms with E-state index in [-0.39, 0.29) is 28.8 Å². The van der Waals surface area contributed by atoms with Crippen LogP contribution in [0.5, 0.6) is 5.75 Å². The van der Waals surface area contributed by atoms with Crippen molar-refractivity contribution in [2.75, 3.05) is 20.3 Å². The van der Waals surface area contributed by atoms with Crippen LogP contribution in [0.15, 0.2) is 23.1 Å². The van der Waals surface area contributed by atoms with Gasteiger partial charge in [-0.2, -0.15) is 8.78 Å². The van der Waals surface area contributed by atoms with Crippen LogP contribution in [0.1, 0.15) is 0 Å². The van der Waals surface area contributed by atoms with Gasteiger partial charge < -0.3 is 9.47 Å². The fourth-order valence-corrected chi connectivity index (χ4v) is 2.53. The topological polar surface area (TPSA) is 64.6 Å². The van der Waals surface area contributed by atoms with Gasteiger partial charge in [-0.15, -0.1) is 0 Å². The van der Waals surface area contributed by atoms with Crippen LogP contribution < -0.4 is 9.46 Å². The highest BCUT2D eigenvalue weighted by molar-refractivity contribution is 7.89. The minimum absolute atomic E-state index is 0.0890. The molecule has 0 aromatic heterocycles. The minimum Gasteiger partial charge on any atom is -0.433 e. The summed E-state index contributed by atoms with van der Waals surface area (Å²) in [6.45, 7) is -2.73. The monoisotopic (exact) mass is 315 g/mol. The van der Waals surface area contributed by atoms with Gasteiger partial charge in [-0.3, -0.25) is 0 Å². The Labute approximate surface area is 114 Å². The number of rotatable bonds is 7. The second kappa shape index (κ2) is 6.99. The molecule has 1 aromatic rings. The molecule has 0 fully saturated rings. The largest absolute Gasteiger partial charge is 0.433 e. The Morgan fingerprint density at radius 1 is 1.42 bits per heavy atom. The lowest BCUT2D eigenvalue weighted by atomic mass is 10.3. The van der Waals surface area contributed by atoms with Crippen molar-refractivity contribution in [3.05, 3.63) is 23.2 Å². The van der Waals surface area contributed by atoms with Crippen molar-refractivity contribution < 1.29 is 26.7 Å². The highest BCUT2D eigenvalue weighted by Gasteiger charge is 2.16. The third-order valence-corrected chi connectivity index (χ3v) is 3.78. The van der Waals surface area contributed by atoms with E-state index in [1.54, 1.807) is 0 Å². The molecule has 0 heterocycles. The molecule has 0 bridgehead atoms. The molecule has 0 saturated carbocycles. The van der Waals surface area contributed by atoms with Crippen LogP contribution in [0.4, 0.5) is 8.78 Å². The maximum Gasteiger partial charge on any atom is 0.387 e. The van der Waals surface area contributed by atoms with Gasteiger partial charge in [0.15, 0.2) is 0 Å². The van der Waals surface area contributed by atoms with E-state index in [2.05, 4.69) is 9.46 Å². The summed E-state index contributed by atoms with van der Waals surface area (Å²) >= 11 is 5.67. The van der Waals surface area contributed by atoms with Crippen LogP contribution in [0.2, 0.25) is 5.02 Å². The number of ether oxygens (including phenoxy) is 2. The molecule has 0 aliphatic carbocycles. The van der Waals surface area contributed by atoms with Gasteiger partial charge in [-0.25, -0.2) is 13.1 Å². The standard InChI is InChI=1S/C10H12ClF2NO4S/c1-17-5-4-14-19(15,16)7-2-3-9(8(11)6-7)18-10(12)13/h2-3,6,10,14H,4-5H2,1H3. The van der Waals surface area contributed by atoms with E-state index in [1.165, 1.54) is 7.11 Å². The number of nitrogens with one attached hydrogen (secondary N) is 1. The first-order chi connectivity index (χ1) is 8.86. The van der Waals surface area contributed by atoms with E-state index >= 15 is 0 Å². The van der Waals surface area contributed by atoms with Crippen molar-refractivity contribution in [2.24, 2.45) is 0 Å². The molecule has 0 atom stereocenters. The molecule has 0 radical (unpaired) electrons. The van der Waals surface area contributed by atoms with Gasteiger partial charge in [0.05, 0.1) is 16.5 Å². The summed E-state index contributed by atoms with van der Waals surface area (Å²) in [6.07, 6.45) is 0. The van der Waals surface area contributed by atoms with Crippen LogP contribution in [0.3, 0.4) is 0 Å². The molecule has 0 aliphatic rings. The predicted molar refractivity (Wildman–Crippen MR) is 65.1 cm³/mol. The Morgan fingerprint density at radius 3 is 2.63 bits per heavy atom. The summed E-state index contributed by atoms with van der Waals surface area (Å²) in [7, 11) is -2.33. The molecule has 5 nitrogen and oxygen atoms in total. The lowest BCUT2D eigenvalue weighted by Crippen LogP contribution is -2.27. The highest BCUT2D eigenvalue weighted by Crippen LogP contribution is 2.28. The second-order valence-corrected chi connectivity index (χ2v) is 5.54. The van der Waals surface area contributed by atoms with Crippen LogP contribution >= 0.6 is 11.6 Å². The molecule has 19 heavy (non-hydrogen) atoms. The summed E-state index contributed by atoms with van der Waals surface area (Å²) in [4.78, 5) is -0.143. The Hall–Kier alpha value is -0.960. The molecular formula is C10H12ClF2NO4S. The van der Waals surface area contributed by atoms with Crippen molar-refractivity contribution in [2.45, 2.75) is 11.5 Å².